The summed E-state index contributed by atoms with van der Waals surface area (Å²) >= 11 is 0. The van der Waals surface area contributed by atoms with Gasteiger partial charge in [0, 0.05) is 37.6 Å². The van der Waals surface area contributed by atoms with Gasteiger partial charge in [0.2, 0.25) is 10.0 Å². The number of anilines is 1. The zero-order valence-electron chi connectivity index (χ0n) is 12.3. The Labute approximate surface area is 124 Å². The normalized spacial score (nSPS) is 11.6. The lowest BCUT2D eigenvalue weighted by Crippen LogP contribution is -2.23. The zero-order chi connectivity index (χ0) is 15.5. The van der Waals surface area contributed by atoms with Crippen LogP contribution in [0.3, 0.4) is 0 Å². The SMILES string of the molecule is CCNc1ccc(S(=O)(=O)NCc2cnn(C)c2C)cn1. The Kier molecular flexibility index (Phi) is 4.59. The summed E-state index contributed by atoms with van der Waals surface area (Å²) in [6, 6.07) is 3.18. The summed E-state index contributed by atoms with van der Waals surface area (Å²) in [7, 11) is -1.76. The molecule has 2 aromatic rings. The minimum absolute atomic E-state index is 0.144. The van der Waals surface area contributed by atoms with E-state index in [1.807, 2.05) is 20.9 Å². The van der Waals surface area contributed by atoms with Crippen LogP contribution < -0.4 is 10.0 Å². The van der Waals surface area contributed by atoms with Crippen molar-refractivity contribution in [2.45, 2.75) is 25.3 Å². The molecule has 21 heavy (non-hydrogen) atoms. The van der Waals surface area contributed by atoms with Crippen molar-refractivity contribution >= 4 is 15.8 Å². The Hall–Kier alpha value is -1.93. The third-order valence-corrected chi connectivity index (χ3v) is 4.58. The van der Waals surface area contributed by atoms with Crippen molar-refractivity contribution in [1.82, 2.24) is 19.5 Å². The molecular formula is C13H19N5O2S. The van der Waals surface area contributed by atoms with Crippen LogP contribution in [0.1, 0.15) is 18.2 Å². The van der Waals surface area contributed by atoms with Crippen LogP contribution in [0.5, 0.6) is 0 Å². The van der Waals surface area contributed by atoms with E-state index in [-0.39, 0.29) is 11.4 Å². The molecule has 8 heteroatoms. The second-order valence-corrected chi connectivity index (χ2v) is 6.38. The van der Waals surface area contributed by atoms with E-state index in [2.05, 4.69) is 20.1 Å². The number of pyridine rings is 1. The first-order chi connectivity index (χ1) is 9.94. The molecule has 114 valence electrons. The number of nitrogens with zero attached hydrogens (tertiary/aromatic N) is 3. The average Bonchev–Trinajstić information content (AvgIpc) is 2.78. The maximum absolute atomic E-state index is 12.2. The van der Waals surface area contributed by atoms with E-state index in [9.17, 15) is 8.42 Å². The van der Waals surface area contributed by atoms with Gasteiger partial charge in [0.05, 0.1) is 6.20 Å². The fourth-order valence-corrected chi connectivity index (χ4v) is 2.75. The molecule has 2 rings (SSSR count). The molecule has 0 unspecified atom stereocenters. The van der Waals surface area contributed by atoms with Crippen molar-refractivity contribution in [2.24, 2.45) is 7.05 Å². The molecule has 0 radical (unpaired) electrons. The summed E-state index contributed by atoms with van der Waals surface area (Å²) in [5, 5.41) is 7.10. The maximum atomic E-state index is 12.2. The fraction of sp³-hybridized carbons (Fsp3) is 0.385. The molecule has 2 heterocycles. The Morgan fingerprint density at radius 1 is 1.29 bits per heavy atom. The third kappa shape index (κ3) is 3.59. The Morgan fingerprint density at radius 3 is 2.57 bits per heavy atom. The van der Waals surface area contributed by atoms with Crippen LogP contribution in [-0.4, -0.2) is 29.7 Å². The first kappa shape index (κ1) is 15.5. The van der Waals surface area contributed by atoms with Crippen LogP contribution in [0.25, 0.3) is 0 Å². The summed E-state index contributed by atoms with van der Waals surface area (Å²) in [5.74, 6) is 0.652. The summed E-state index contributed by atoms with van der Waals surface area (Å²) in [5.41, 5.74) is 1.77. The van der Waals surface area contributed by atoms with Gasteiger partial charge in [-0.15, -0.1) is 0 Å². The minimum atomic E-state index is -3.57. The van der Waals surface area contributed by atoms with Crippen LogP contribution in [0.15, 0.2) is 29.4 Å². The predicted molar refractivity (Wildman–Crippen MR) is 80.4 cm³/mol. The Morgan fingerprint density at radius 2 is 2.05 bits per heavy atom. The average molecular weight is 309 g/mol. The third-order valence-electron chi connectivity index (χ3n) is 3.19. The van der Waals surface area contributed by atoms with Gasteiger partial charge in [-0.1, -0.05) is 0 Å². The molecule has 0 aliphatic carbocycles. The first-order valence-electron chi connectivity index (χ1n) is 6.61. The van der Waals surface area contributed by atoms with Gasteiger partial charge < -0.3 is 5.32 Å². The van der Waals surface area contributed by atoms with Gasteiger partial charge >= 0.3 is 0 Å². The van der Waals surface area contributed by atoms with Crippen molar-refractivity contribution in [2.75, 3.05) is 11.9 Å². The molecule has 0 saturated heterocycles. The molecule has 2 N–H and O–H groups in total. The van der Waals surface area contributed by atoms with E-state index < -0.39 is 10.0 Å². The van der Waals surface area contributed by atoms with Crippen molar-refractivity contribution < 1.29 is 8.42 Å². The van der Waals surface area contributed by atoms with E-state index in [1.54, 1.807) is 16.9 Å². The van der Waals surface area contributed by atoms with Gasteiger partial charge in [-0.05, 0) is 26.0 Å². The van der Waals surface area contributed by atoms with E-state index in [4.69, 9.17) is 0 Å². The van der Waals surface area contributed by atoms with Crippen molar-refractivity contribution in [3.05, 3.63) is 35.8 Å². The first-order valence-corrected chi connectivity index (χ1v) is 8.09. The summed E-state index contributed by atoms with van der Waals surface area (Å²) in [4.78, 5) is 4.21. The number of nitrogens with one attached hydrogen (secondary N) is 2. The van der Waals surface area contributed by atoms with E-state index >= 15 is 0 Å². The molecule has 0 atom stereocenters. The smallest absolute Gasteiger partial charge is 0.242 e. The standard InChI is InChI=1S/C13H19N5O2S/c1-4-14-13-6-5-12(9-15-13)21(19,20)17-8-11-7-16-18(3)10(11)2/h5-7,9,17H,4,8H2,1-3H3,(H,14,15). The largest absolute Gasteiger partial charge is 0.370 e. The number of aromatic nitrogens is 3. The highest BCUT2D eigenvalue weighted by Crippen LogP contribution is 2.12. The van der Waals surface area contributed by atoms with E-state index in [0.29, 0.717) is 5.82 Å². The van der Waals surface area contributed by atoms with Gasteiger partial charge in [-0.25, -0.2) is 18.1 Å². The molecule has 0 fully saturated rings. The van der Waals surface area contributed by atoms with Gasteiger partial charge in [-0.3, -0.25) is 4.68 Å². The lowest BCUT2D eigenvalue weighted by molar-refractivity contribution is 0.580. The van der Waals surface area contributed by atoms with Crippen molar-refractivity contribution in [1.29, 1.82) is 0 Å². The molecule has 0 aromatic carbocycles. The number of rotatable bonds is 6. The lowest BCUT2D eigenvalue weighted by atomic mass is 10.3. The molecule has 0 bridgehead atoms. The van der Waals surface area contributed by atoms with Gasteiger partial charge in [0.25, 0.3) is 0 Å². The molecule has 0 aliphatic heterocycles. The lowest BCUT2D eigenvalue weighted by Gasteiger charge is -2.07. The number of sulfonamides is 1. The number of aryl methyl sites for hydroxylation is 1. The van der Waals surface area contributed by atoms with Crippen LogP contribution in [0.4, 0.5) is 5.82 Å². The molecule has 0 spiro atoms. The summed E-state index contributed by atoms with van der Waals surface area (Å²) < 4.78 is 28.6. The van der Waals surface area contributed by atoms with Gasteiger partial charge in [0.15, 0.2) is 0 Å². The summed E-state index contributed by atoms with van der Waals surface area (Å²) in [6.45, 7) is 4.78. The Bertz CT molecular complexity index is 707. The highest BCUT2D eigenvalue weighted by Gasteiger charge is 2.15. The van der Waals surface area contributed by atoms with Crippen LogP contribution >= 0.6 is 0 Å². The Balaban J connectivity index is 2.09. The number of hydrogen-bond acceptors (Lipinski definition) is 5. The number of hydrogen-bond donors (Lipinski definition) is 2. The molecule has 2 aromatic heterocycles. The highest BCUT2D eigenvalue weighted by atomic mass is 32.2. The molecule has 0 aliphatic rings. The summed E-state index contributed by atoms with van der Waals surface area (Å²) in [6.07, 6.45) is 3.00. The minimum Gasteiger partial charge on any atom is -0.370 e. The van der Waals surface area contributed by atoms with Crippen LogP contribution in [-0.2, 0) is 23.6 Å². The second-order valence-electron chi connectivity index (χ2n) is 4.61. The van der Waals surface area contributed by atoms with Gasteiger partial charge in [-0.2, -0.15) is 5.10 Å². The molecule has 0 amide bonds. The van der Waals surface area contributed by atoms with Crippen molar-refractivity contribution in [3.8, 4) is 0 Å². The molecule has 7 nitrogen and oxygen atoms in total. The topological polar surface area (TPSA) is 88.9 Å². The monoisotopic (exact) mass is 309 g/mol. The second kappa shape index (κ2) is 6.23. The molecular weight excluding hydrogens is 290 g/mol. The maximum Gasteiger partial charge on any atom is 0.242 e. The fourth-order valence-electron chi connectivity index (χ4n) is 1.80. The van der Waals surface area contributed by atoms with Gasteiger partial charge in [0.1, 0.15) is 10.7 Å². The van der Waals surface area contributed by atoms with Crippen LogP contribution in [0.2, 0.25) is 0 Å². The van der Waals surface area contributed by atoms with Crippen LogP contribution in [0, 0.1) is 6.92 Å². The zero-order valence-corrected chi connectivity index (χ0v) is 13.1. The van der Waals surface area contributed by atoms with Crippen molar-refractivity contribution in [3.63, 3.8) is 0 Å². The van der Waals surface area contributed by atoms with E-state index in [0.717, 1.165) is 17.8 Å². The predicted octanol–water partition coefficient (Wildman–Crippen LogP) is 1.03. The van der Waals surface area contributed by atoms with E-state index in [1.165, 1.54) is 12.3 Å². The quantitative estimate of drug-likeness (QED) is 0.832. The molecule has 0 saturated carbocycles. The highest BCUT2D eigenvalue weighted by molar-refractivity contribution is 7.89.